The van der Waals surface area contributed by atoms with Gasteiger partial charge >= 0.3 is 0 Å². The van der Waals surface area contributed by atoms with Crippen molar-refractivity contribution in [1.82, 2.24) is 0 Å². The summed E-state index contributed by atoms with van der Waals surface area (Å²) in [6.07, 6.45) is 1.89. The molecule has 4 nitrogen and oxygen atoms in total. The molecule has 0 saturated carbocycles. The Labute approximate surface area is 108 Å². The Kier molecular flexibility index (Phi) is 5.36. The van der Waals surface area contributed by atoms with Gasteiger partial charge in [0.2, 0.25) is 5.91 Å². The Morgan fingerprint density at radius 3 is 2.50 bits per heavy atom. The van der Waals surface area contributed by atoms with Crippen LogP contribution in [0.4, 0.5) is 5.69 Å². The summed E-state index contributed by atoms with van der Waals surface area (Å²) >= 11 is 0. The van der Waals surface area contributed by atoms with E-state index in [9.17, 15) is 4.79 Å². The normalized spacial score (nSPS) is 13.2. The molecule has 2 N–H and O–H groups in total. The largest absolute Gasteiger partial charge is 0.411 e. The highest BCUT2D eigenvalue weighted by molar-refractivity contribution is 5.99. The number of anilines is 1. The van der Waals surface area contributed by atoms with Crippen molar-refractivity contribution in [2.45, 2.75) is 33.6 Å². The highest BCUT2D eigenvalue weighted by atomic mass is 16.4. The van der Waals surface area contributed by atoms with Gasteiger partial charge in [0.1, 0.15) is 0 Å². The zero-order chi connectivity index (χ0) is 13.5. The number of benzene rings is 1. The van der Waals surface area contributed by atoms with E-state index in [-0.39, 0.29) is 11.8 Å². The van der Waals surface area contributed by atoms with Crippen LogP contribution >= 0.6 is 0 Å². The number of nitrogens with one attached hydrogen (secondary N) is 1. The molecule has 0 aliphatic rings. The molecule has 0 saturated heterocycles. The van der Waals surface area contributed by atoms with Gasteiger partial charge in [-0.3, -0.25) is 4.79 Å². The molecule has 1 aromatic rings. The Morgan fingerprint density at radius 2 is 2.00 bits per heavy atom. The van der Waals surface area contributed by atoms with E-state index in [1.165, 1.54) is 0 Å². The van der Waals surface area contributed by atoms with Crippen molar-refractivity contribution in [3.63, 3.8) is 0 Å². The van der Waals surface area contributed by atoms with E-state index in [0.29, 0.717) is 5.71 Å². The van der Waals surface area contributed by atoms with E-state index < -0.39 is 0 Å². The van der Waals surface area contributed by atoms with Gasteiger partial charge in [-0.2, -0.15) is 0 Å². The van der Waals surface area contributed by atoms with Crippen LogP contribution in [0.3, 0.4) is 0 Å². The van der Waals surface area contributed by atoms with E-state index in [1.807, 2.05) is 19.1 Å². The van der Waals surface area contributed by atoms with Crippen molar-refractivity contribution in [3.05, 3.63) is 29.8 Å². The number of amides is 1. The number of hydrogen-bond donors (Lipinski definition) is 2. The molecule has 0 heterocycles. The summed E-state index contributed by atoms with van der Waals surface area (Å²) < 4.78 is 0. The van der Waals surface area contributed by atoms with Crippen molar-refractivity contribution in [2.24, 2.45) is 11.1 Å². The van der Waals surface area contributed by atoms with E-state index in [0.717, 1.165) is 24.1 Å². The van der Waals surface area contributed by atoms with Gasteiger partial charge in [-0.15, -0.1) is 0 Å². The molecular weight excluding hydrogens is 228 g/mol. The fraction of sp³-hybridized carbons (Fsp3) is 0.429. The predicted octanol–water partition coefficient (Wildman–Crippen LogP) is 3.26. The van der Waals surface area contributed by atoms with Crippen LogP contribution < -0.4 is 5.32 Å². The molecule has 0 radical (unpaired) electrons. The summed E-state index contributed by atoms with van der Waals surface area (Å²) in [5, 5.41) is 14.7. The van der Waals surface area contributed by atoms with Crippen LogP contribution in [0, 0.1) is 5.92 Å². The zero-order valence-electron chi connectivity index (χ0n) is 11.1. The molecule has 0 aliphatic carbocycles. The zero-order valence-corrected chi connectivity index (χ0v) is 11.1. The van der Waals surface area contributed by atoms with Gasteiger partial charge < -0.3 is 10.5 Å². The van der Waals surface area contributed by atoms with Crippen molar-refractivity contribution >= 4 is 17.3 Å². The van der Waals surface area contributed by atoms with Gasteiger partial charge in [0.25, 0.3) is 0 Å². The van der Waals surface area contributed by atoms with Crippen molar-refractivity contribution < 1.29 is 10.0 Å². The Morgan fingerprint density at radius 1 is 1.39 bits per heavy atom. The van der Waals surface area contributed by atoms with Crippen LogP contribution in [0.2, 0.25) is 0 Å². The quantitative estimate of drug-likeness (QED) is 0.477. The summed E-state index contributed by atoms with van der Waals surface area (Å²) in [7, 11) is 0. The molecule has 1 rings (SSSR count). The first-order valence-electron chi connectivity index (χ1n) is 6.18. The lowest BCUT2D eigenvalue weighted by Crippen LogP contribution is -2.20. The van der Waals surface area contributed by atoms with Crippen molar-refractivity contribution in [2.75, 3.05) is 5.32 Å². The number of rotatable bonds is 5. The van der Waals surface area contributed by atoms with Gasteiger partial charge in [-0.1, -0.05) is 37.6 Å². The van der Waals surface area contributed by atoms with Crippen LogP contribution in [0.1, 0.15) is 39.2 Å². The minimum absolute atomic E-state index is 0.0235. The maximum atomic E-state index is 11.8. The highest BCUT2D eigenvalue weighted by Crippen LogP contribution is 2.13. The molecule has 0 spiro atoms. The third-order valence-electron chi connectivity index (χ3n) is 2.89. The van der Waals surface area contributed by atoms with Crippen LogP contribution in [-0.2, 0) is 4.79 Å². The molecule has 1 atom stereocenters. The first-order valence-corrected chi connectivity index (χ1v) is 6.18. The van der Waals surface area contributed by atoms with Crippen LogP contribution in [0.5, 0.6) is 0 Å². The number of carbonyl (C=O) groups is 1. The van der Waals surface area contributed by atoms with E-state index in [1.54, 1.807) is 19.1 Å². The standard InChI is InChI=1S/C14H20N2O2/c1-4-5-10(2)14(17)15-13-8-6-12(7-9-13)11(3)16-18/h6-10,18H,4-5H2,1-3H3,(H,15,17)/b16-11+. The number of oxime groups is 1. The summed E-state index contributed by atoms with van der Waals surface area (Å²) in [5.41, 5.74) is 2.14. The molecule has 1 amide bonds. The summed E-state index contributed by atoms with van der Waals surface area (Å²) in [4.78, 5) is 11.8. The second kappa shape index (κ2) is 6.79. The van der Waals surface area contributed by atoms with E-state index in [4.69, 9.17) is 5.21 Å². The lowest BCUT2D eigenvalue weighted by atomic mass is 10.1. The first kappa shape index (κ1) is 14.2. The van der Waals surface area contributed by atoms with Crippen LogP contribution in [-0.4, -0.2) is 16.8 Å². The molecular formula is C14H20N2O2. The maximum absolute atomic E-state index is 11.8. The van der Waals surface area contributed by atoms with E-state index >= 15 is 0 Å². The molecule has 1 unspecified atom stereocenters. The van der Waals surface area contributed by atoms with Gasteiger partial charge in [-0.05, 0) is 31.0 Å². The molecule has 18 heavy (non-hydrogen) atoms. The molecule has 4 heteroatoms. The number of nitrogens with zero attached hydrogens (tertiary/aromatic N) is 1. The average Bonchev–Trinajstić information content (AvgIpc) is 2.39. The third kappa shape index (κ3) is 3.87. The molecule has 0 aromatic heterocycles. The summed E-state index contributed by atoms with van der Waals surface area (Å²) in [6.45, 7) is 5.71. The minimum atomic E-state index is 0.0235. The van der Waals surface area contributed by atoms with Crippen LogP contribution in [0.15, 0.2) is 29.4 Å². The Hall–Kier alpha value is -1.84. The smallest absolute Gasteiger partial charge is 0.227 e. The SMILES string of the molecule is CCCC(C)C(=O)Nc1ccc(/C(C)=N/O)cc1. The summed E-state index contributed by atoms with van der Waals surface area (Å²) in [5.74, 6) is 0.0626. The molecule has 0 fully saturated rings. The van der Waals surface area contributed by atoms with Crippen molar-refractivity contribution in [3.8, 4) is 0 Å². The lowest BCUT2D eigenvalue weighted by molar-refractivity contribution is -0.119. The fourth-order valence-corrected chi connectivity index (χ4v) is 1.68. The minimum Gasteiger partial charge on any atom is -0.411 e. The maximum Gasteiger partial charge on any atom is 0.227 e. The number of hydrogen-bond acceptors (Lipinski definition) is 3. The number of carbonyl (C=O) groups excluding carboxylic acids is 1. The summed E-state index contributed by atoms with van der Waals surface area (Å²) in [6, 6.07) is 7.24. The van der Waals surface area contributed by atoms with Crippen molar-refractivity contribution in [1.29, 1.82) is 0 Å². The first-order chi connectivity index (χ1) is 8.58. The molecule has 98 valence electrons. The average molecular weight is 248 g/mol. The van der Waals surface area contributed by atoms with Gasteiger partial charge in [0, 0.05) is 11.6 Å². The second-order valence-corrected chi connectivity index (χ2v) is 4.44. The van der Waals surface area contributed by atoms with Crippen LogP contribution in [0.25, 0.3) is 0 Å². The topological polar surface area (TPSA) is 61.7 Å². The molecule has 0 bridgehead atoms. The third-order valence-corrected chi connectivity index (χ3v) is 2.89. The Bertz CT molecular complexity index is 424. The highest BCUT2D eigenvalue weighted by Gasteiger charge is 2.11. The predicted molar refractivity (Wildman–Crippen MR) is 73.1 cm³/mol. The molecule has 0 aliphatic heterocycles. The van der Waals surface area contributed by atoms with Gasteiger partial charge in [0.15, 0.2) is 0 Å². The second-order valence-electron chi connectivity index (χ2n) is 4.44. The fourth-order valence-electron chi connectivity index (χ4n) is 1.68. The Balaban J connectivity index is 2.67. The van der Waals surface area contributed by atoms with E-state index in [2.05, 4.69) is 17.4 Å². The molecule has 1 aromatic carbocycles. The lowest BCUT2D eigenvalue weighted by Gasteiger charge is -2.11. The van der Waals surface area contributed by atoms with Gasteiger partial charge in [0.05, 0.1) is 5.71 Å². The van der Waals surface area contributed by atoms with Gasteiger partial charge in [-0.25, -0.2) is 0 Å². The monoisotopic (exact) mass is 248 g/mol.